The Morgan fingerprint density at radius 3 is 2.48 bits per heavy atom. The van der Waals surface area contributed by atoms with Gasteiger partial charge in [-0.25, -0.2) is 0 Å². The molecule has 1 aromatic rings. The summed E-state index contributed by atoms with van der Waals surface area (Å²) >= 11 is 3.41. The normalized spacial score (nSPS) is 26.2. The molecule has 1 saturated heterocycles. The predicted molar refractivity (Wildman–Crippen MR) is 93.1 cm³/mol. The number of aliphatic hydroxyl groups is 1. The molecule has 130 valence electrons. The van der Waals surface area contributed by atoms with Gasteiger partial charge in [-0.05, 0) is 50.8 Å². The number of ether oxygens (including phenoxy) is 3. The Morgan fingerprint density at radius 1 is 1.26 bits per heavy atom. The summed E-state index contributed by atoms with van der Waals surface area (Å²) in [6, 6.07) is 7.98. The molecule has 0 radical (unpaired) electrons. The fraction of sp³-hybridized carbons (Fsp3) is 0.667. The van der Waals surface area contributed by atoms with Gasteiger partial charge in [0.1, 0.15) is 0 Å². The molecular weight excluding hydrogens is 360 g/mol. The number of aliphatic hydroxyl groups excluding tert-OH is 1. The van der Waals surface area contributed by atoms with Crippen LogP contribution >= 0.6 is 15.9 Å². The van der Waals surface area contributed by atoms with Gasteiger partial charge < -0.3 is 19.3 Å². The van der Waals surface area contributed by atoms with E-state index >= 15 is 0 Å². The Kier molecular flexibility index (Phi) is 6.63. The van der Waals surface area contributed by atoms with Gasteiger partial charge in [-0.15, -0.1) is 0 Å². The maximum Gasteiger partial charge on any atom is 0.163 e. The van der Waals surface area contributed by atoms with Crippen molar-refractivity contribution in [3.8, 4) is 0 Å². The zero-order valence-electron chi connectivity index (χ0n) is 14.3. The van der Waals surface area contributed by atoms with Gasteiger partial charge in [-0.2, -0.15) is 0 Å². The van der Waals surface area contributed by atoms with Crippen LogP contribution in [0.5, 0.6) is 0 Å². The largest absolute Gasteiger partial charge is 0.390 e. The average Bonchev–Trinajstić information content (AvgIpc) is 2.73. The van der Waals surface area contributed by atoms with Crippen molar-refractivity contribution in [3.05, 3.63) is 34.3 Å². The van der Waals surface area contributed by atoms with Crippen LogP contribution in [0.1, 0.15) is 39.7 Å². The zero-order chi connectivity index (χ0) is 17.0. The summed E-state index contributed by atoms with van der Waals surface area (Å²) in [5.74, 6) is -0.447. The number of benzene rings is 1. The van der Waals surface area contributed by atoms with Crippen molar-refractivity contribution in [2.75, 3.05) is 6.61 Å². The minimum atomic E-state index is -0.535. The third-order valence-electron chi connectivity index (χ3n) is 4.16. The minimum Gasteiger partial charge on any atom is -0.390 e. The van der Waals surface area contributed by atoms with Gasteiger partial charge in [-0.3, -0.25) is 0 Å². The van der Waals surface area contributed by atoms with Crippen LogP contribution in [-0.4, -0.2) is 35.8 Å². The average molecular weight is 387 g/mol. The summed E-state index contributed by atoms with van der Waals surface area (Å²) in [5, 5.41) is 10.3. The fourth-order valence-corrected chi connectivity index (χ4v) is 3.08. The summed E-state index contributed by atoms with van der Waals surface area (Å²) in [4.78, 5) is 0. The Balaban J connectivity index is 1.72. The highest BCUT2D eigenvalue weighted by Gasteiger charge is 2.39. The van der Waals surface area contributed by atoms with Crippen LogP contribution in [0.15, 0.2) is 28.7 Å². The maximum atomic E-state index is 10.3. The first kappa shape index (κ1) is 18.9. The van der Waals surface area contributed by atoms with E-state index < -0.39 is 11.9 Å². The molecule has 5 heteroatoms. The van der Waals surface area contributed by atoms with Gasteiger partial charge >= 0.3 is 0 Å². The summed E-state index contributed by atoms with van der Waals surface area (Å²) in [7, 11) is 0. The van der Waals surface area contributed by atoms with Crippen molar-refractivity contribution < 1.29 is 19.3 Å². The number of hydrogen-bond donors (Lipinski definition) is 1. The third-order valence-corrected chi connectivity index (χ3v) is 4.69. The van der Waals surface area contributed by atoms with Crippen molar-refractivity contribution in [1.29, 1.82) is 0 Å². The number of rotatable bonds is 7. The van der Waals surface area contributed by atoms with Gasteiger partial charge in [-0.1, -0.05) is 35.0 Å². The highest BCUT2D eigenvalue weighted by atomic mass is 79.9. The van der Waals surface area contributed by atoms with E-state index in [1.807, 2.05) is 52.0 Å². The van der Waals surface area contributed by atoms with Crippen molar-refractivity contribution in [1.82, 2.24) is 0 Å². The van der Waals surface area contributed by atoms with Crippen LogP contribution in [0.25, 0.3) is 0 Å². The first-order chi connectivity index (χ1) is 10.8. The van der Waals surface area contributed by atoms with Gasteiger partial charge in [0.2, 0.25) is 0 Å². The van der Waals surface area contributed by atoms with Crippen molar-refractivity contribution in [2.45, 2.75) is 64.8 Å². The maximum absolute atomic E-state index is 10.3. The smallest absolute Gasteiger partial charge is 0.163 e. The van der Waals surface area contributed by atoms with Crippen LogP contribution in [0.2, 0.25) is 0 Å². The first-order valence-corrected chi connectivity index (χ1v) is 8.92. The molecule has 1 N–H and O–H groups in total. The second-order valence-corrected chi connectivity index (χ2v) is 7.72. The van der Waals surface area contributed by atoms with Gasteiger partial charge in [0.15, 0.2) is 5.79 Å². The van der Waals surface area contributed by atoms with E-state index in [2.05, 4.69) is 15.9 Å². The molecular formula is C18H27BrO4. The molecule has 23 heavy (non-hydrogen) atoms. The zero-order valence-corrected chi connectivity index (χ0v) is 15.9. The molecule has 0 aliphatic carbocycles. The van der Waals surface area contributed by atoms with Crippen LogP contribution in [0.3, 0.4) is 0 Å². The van der Waals surface area contributed by atoms with Crippen molar-refractivity contribution in [3.63, 3.8) is 0 Å². The lowest BCUT2D eigenvalue weighted by Gasteiger charge is -2.23. The molecule has 4 atom stereocenters. The predicted octanol–water partition coefficient (Wildman–Crippen LogP) is 3.89. The molecule has 4 nitrogen and oxygen atoms in total. The SMILES string of the molecule is CC(CC1OC(C)(C)OC1C)C(O)COCc1ccc(Br)cc1. The highest BCUT2D eigenvalue weighted by molar-refractivity contribution is 9.10. The first-order valence-electron chi connectivity index (χ1n) is 8.13. The molecule has 0 aromatic heterocycles. The molecule has 1 heterocycles. The van der Waals surface area contributed by atoms with E-state index in [1.54, 1.807) is 0 Å². The van der Waals surface area contributed by atoms with Crippen LogP contribution in [-0.2, 0) is 20.8 Å². The van der Waals surface area contributed by atoms with Crippen molar-refractivity contribution >= 4 is 15.9 Å². The van der Waals surface area contributed by atoms with E-state index in [9.17, 15) is 5.11 Å². The molecule has 0 saturated carbocycles. The van der Waals surface area contributed by atoms with Gasteiger partial charge in [0, 0.05) is 4.47 Å². The molecule has 1 aromatic carbocycles. The Morgan fingerprint density at radius 2 is 1.91 bits per heavy atom. The van der Waals surface area contributed by atoms with Crippen LogP contribution < -0.4 is 0 Å². The summed E-state index contributed by atoms with van der Waals surface area (Å²) in [6.45, 7) is 8.71. The molecule has 0 bridgehead atoms. The van der Waals surface area contributed by atoms with Gasteiger partial charge in [0.25, 0.3) is 0 Å². The molecule has 0 amide bonds. The van der Waals surface area contributed by atoms with Crippen LogP contribution in [0, 0.1) is 5.92 Å². The number of hydrogen-bond acceptors (Lipinski definition) is 4. The molecule has 1 aliphatic heterocycles. The quantitative estimate of drug-likeness (QED) is 0.771. The number of halogens is 1. The van der Waals surface area contributed by atoms with Gasteiger partial charge in [0.05, 0.1) is 31.5 Å². The van der Waals surface area contributed by atoms with E-state index in [1.165, 1.54) is 0 Å². The van der Waals surface area contributed by atoms with E-state index in [0.29, 0.717) is 13.2 Å². The highest BCUT2D eigenvalue weighted by Crippen LogP contribution is 2.31. The fourth-order valence-electron chi connectivity index (χ4n) is 2.82. The molecule has 1 fully saturated rings. The second-order valence-electron chi connectivity index (χ2n) is 6.80. The Labute approximate surface area is 147 Å². The van der Waals surface area contributed by atoms with Crippen molar-refractivity contribution in [2.24, 2.45) is 5.92 Å². The lowest BCUT2D eigenvalue weighted by molar-refractivity contribution is -0.147. The summed E-state index contributed by atoms with van der Waals surface area (Å²) in [6.07, 6.45) is 0.308. The molecule has 0 spiro atoms. The minimum absolute atomic E-state index is 0.0149. The lowest BCUT2D eigenvalue weighted by atomic mass is 9.96. The molecule has 1 aliphatic rings. The van der Waals surface area contributed by atoms with E-state index in [4.69, 9.17) is 14.2 Å². The lowest BCUT2D eigenvalue weighted by Crippen LogP contribution is -2.30. The van der Waals surface area contributed by atoms with E-state index in [0.717, 1.165) is 16.5 Å². The molecule has 4 unspecified atom stereocenters. The Bertz CT molecular complexity index is 488. The third kappa shape index (κ3) is 5.84. The molecule has 2 rings (SSSR count). The Hall–Kier alpha value is -0.460. The van der Waals surface area contributed by atoms with E-state index in [-0.39, 0.29) is 18.1 Å². The summed E-state index contributed by atoms with van der Waals surface area (Å²) < 4.78 is 18.3. The summed E-state index contributed by atoms with van der Waals surface area (Å²) in [5.41, 5.74) is 1.09. The standard InChI is InChI=1S/C18H27BrO4/c1-12(9-17-13(2)22-18(3,4)23-17)16(20)11-21-10-14-5-7-15(19)8-6-14/h5-8,12-13,16-17,20H,9-11H2,1-4H3. The second kappa shape index (κ2) is 8.08. The van der Waals surface area contributed by atoms with Crippen LogP contribution in [0.4, 0.5) is 0 Å². The monoisotopic (exact) mass is 386 g/mol. The topological polar surface area (TPSA) is 47.9 Å².